The molecule has 1 atom stereocenters. The van der Waals surface area contributed by atoms with Crippen LogP contribution in [0.4, 0.5) is 5.69 Å². The summed E-state index contributed by atoms with van der Waals surface area (Å²) in [6.45, 7) is 3.41. The normalized spacial score (nSPS) is 11.9. The van der Waals surface area contributed by atoms with Gasteiger partial charge in [-0.05, 0) is 37.6 Å². The summed E-state index contributed by atoms with van der Waals surface area (Å²) in [6, 6.07) is 16.3. The first-order valence-electron chi connectivity index (χ1n) is 7.60. The Balaban J connectivity index is 1.67. The molecule has 0 aliphatic carbocycles. The quantitative estimate of drug-likeness (QED) is 0.739. The summed E-state index contributed by atoms with van der Waals surface area (Å²) in [5.74, 6) is -0.987. The van der Waals surface area contributed by atoms with Gasteiger partial charge in [0.25, 0.3) is 5.91 Å². The summed E-state index contributed by atoms with van der Waals surface area (Å²) in [4.78, 5) is 24.3. The van der Waals surface area contributed by atoms with Crippen molar-refractivity contribution in [3.63, 3.8) is 0 Å². The van der Waals surface area contributed by atoms with E-state index < -0.39 is 18.0 Å². The van der Waals surface area contributed by atoms with Crippen LogP contribution < -0.4 is 5.32 Å². The van der Waals surface area contributed by atoms with Crippen molar-refractivity contribution >= 4 is 28.5 Å². The maximum atomic E-state index is 12.2. The predicted octanol–water partition coefficient (Wildman–Crippen LogP) is 3.93. The molecule has 0 spiro atoms. The van der Waals surface area contributed by atoms with Crippen LogP contribution in [0.5, 0.6) is 0 Å². The molecule has 1 amide bonds. The Morgan fingerprint density at radius 2 is 1.79 bits per heavy atom. The molecule has 0 aliphatic heterocycles. The molecule has 3 aromatic rings. The number of esters is 1. The van der Waals surface area contributed by atoms with Gasteiger partial charge in [-0.25, -0.2) is 4.79 Å². The zero-order chi connectivity index (χ0) is 17.1. The number of furan rings is 1. The number of aryl methyl sites for hydroxylation is 1. The molecule has 122 valence electrons. The summed E-state index contributed by atoms with van der Waals surface area (Å²) in [6.07, 6.45) is -0.940. The highest BCUT2D eigenvalue weighted by Gasteiger charge is 2.21. The first kappa shape index (κ1) is 15.8. The lowest BCUT2D eigenvalue weighted by Crippen LogP contribution is -2.30. The average Bonchev–Trinajstić information content (AvgIpc) is 3.01. The van der Waals surface area contributed by atoms with E-state index in [4.69, 9.17) is 9.15 Å². The van der Waals surface area contributed by atoms with Gasteiger partial charge in [-0.15, -0.1) is 0 Å². The number of hydrogen-bond acceptors (Lipinski definition) is 4. The van der Waals surface area contributed by atoms with Crippen molar-refractivity contribution in [2.24, 2.45) is 0 Å². The topological polar surface area (TPSA) is 68.5 Å². The number of benzene rings is 2. The molecule has 0 saturated heterocycles. The average molecular weight is 323 g/mol. The molecule has 5 nitrogen and oxygen atoms in total. The van der Waals surface area contributed by atoms with E-state index in [9.17, 15) is 9.59 Å². The molecule has 2 aromatic carbocycles. The van der Waals surface area contributed by atoms with E-state index in [-0.39, 0.29) is 5.76 Å². The maximum absolute atomic E-state index is 12.2. The Hall–Kier alpha value is -3.08. The fourth-order valence-corrected chi connectivity index (χ4v) is 2.30. The molecule has 0 aliphatic rings. The molecule has 1 aromatic heterocycles. The van der Waals surface area contributed by atoms with Gasteiger partial charge in [-0.3, -0.25) is 4.79 Å². The fraction of sp³-hybridized carbons (Fsp3) is 0.158. The van der Waals surface area contributed by atoms with Gasteiger partial charge in [-0.1, -0.05) is 36.4 Å². The zero-order valence-corrected chi connectivity index (χ0v) is 13.4. The van der Waals surface area contributed by atoms with Crippen LogP contribution in [0, 0.1) is 6.92 Å². The van der Waals surface area contributed by atoms with Gasteiger partial charge in [0, 0.05) is 11.1 Å². The highest BCUT2D eigenvalue weighted by molar-refractivity contribution is 5.98. The van der Waals surface area contributed by atoms with Crippen molar-refractivity contribution in [2.45, 2.75) is 20.0 Å². The van der Waals surface area contributed by atoms with Crippen LogP contribution in [0.1, 0.15) is 23.0 Å². The minimum absolute atomic E-state index is 0.0757. The predicted molar refractivity (Wildman–Crippen MR) is 90.9 cm³/mol. The molecule has 1 unspecified atom stereocenters. The molecule has 0 radical (unpaired) electrons. The Kier molecular flexibility index (Phi) is 4.33. The fourth-order valence-electron chi connectivity index (χ4n) is 2.30. The van der Waals surface area contributed by atoms with Gasteiger partial charge in [0.05, 0.1) is 0 Å². The molecule has 1 N–H and O–H groups in total. The molecular formula is C19H17NO4. The number of rotatable bonds is 4. The molecule has 5 heteroatoms. The van der Waals surface area contributed by atoms with Crippen LogP contribution in [-0.4, -0.2) is 18.0 Å². The Bertz CT molecular complexity index is 864. The number of para-hydroxylation sites is 2. The molecule has 0 fully saturated rings. The standard InChI is InChI=1S/C19H17NO4/c1-12-7-3-5-9-15(12)20-18(21)13(2)23-19(22)17-11-14-8-4-6-10-16(14)24-17/h3-11,13H,1-2H3,(H,20,21). The van der Waals surface area contributed by atoms with Gasteiger partial charge in [0.1, 0.15) is 5.58 Å². The third-order valence-corrected chi connectivity index (χ3v) is 3.68. The first-order valence-corrected chi connectivity index (χ1v) is 7.60. The highest BCUT2D eigenvalue weighted by Crippen LogP contribution is 2.20. The molecule has 24 heavy (non-hydrogen) atoms. The van der Waals surface area contributed by atoms with Gasteiger partial charge in [0.2, 0.25) is 5.76 Å². The van der Waals surface area contributed by atoms with Crippen LogP contribution in [0.3, 0.4) is 0 Å². The smallest absolute Gasteiger partial charge is 0.375 e. The Morgan fingerprint density at radius 3 is 2.54 bits per heavy atom. The van der Waals surface area contributed by atoms with Crippen LogP contribution in [-0.2, 0) is 9.53 Å². The number of ether oxygens (including phenoxy) is 1. The number of amides is 1. The van der Waals surface area contributed by atoms with Gasteiger partial charge >= 0.3 is 5.97 Å². The Morgan fingerprint density at radius 1 is 1.08 bits per heavy atom. The number of carbonyl (C=O) groups excluding carboxylic acids is 2. The monoisotopic (exact) mass is 323 g/mol. The van der Waals surface area contributed by atoms with E-state index in [2.05, 4.69) is 5.32 Å². The third-order valence-electron chi connectivity index (χ3n) is 3.68. The second-order valence-electron chi connectivity index (χ2n) is 5.50. The van der Waals surface area contributed by atoms with Crippen molar-refractivity contribution in [3.8, 4) is 0 Å². The third kappa shape index (κ3) is 3.30. The van der Waals surface area contributed by atoms with Crippen molar-refractivity contribution < 1.29 is 18.7 Å². The molecular weight excluding hydrogens is 306 g/mol. The number of fused-ring (bicyclic) bond motifs is 1. The SMILES string of the molecule is Cc1ccccc1NC(=O)C(C)OC(=O)c1cc2ccccc2o1. The summed E-state index contributed by atoms with van der Waals surface area (Å²) >= 11 is 0. The van der Waals surface area contributed by atoms with Gasteiger partial charge < -0.3 is 14.5 Å². The molecule has 0 bridgehead atoms. The van der Waals surface area contributed by atoms with Crippen LogP contribution in [0.15, 0.2) is 59.0 Å². The van der Waals surface area contributed by atoms with E-state index in [1.165, 1.54) is 6.92 Å². The van der Waals surface area contributed by atoms with Crippen molar-refractivity contribution in [1.82, 2.24) is 0 Å². The minimum atomic E-state index is -0.940. The summed E-state index contributed by atoms with van der Waals surface area (Å²) in [7, 11) is 0. The van der Waals surface area contributed by atoms with Gasteiger partial charge in [-0.2, -0.15) is 0 Å². The van der Waals surface area contributed by atoms with Crippen molar-refractivity contribution in [2.75, 3.05) is 5.32 Å². The van der Waals surface area contributed by atoms with E-state index in [0.29, 0.717) is 11.3 Å². The summed E-state index contributed by atoms with van der Waals surface area (Å²) < 4.78 is 10.6. The van der Waals surface area contributed by atoms with Crippen molar-refractivity contribution in [3.05, 3.63) is 65.9 Å². The summed E-state index contributed by atoms with van der Waals surface area (Å²) in [5.41, 5.74) is 2.22. The molecule has 1 heterocycles. The first-order chi connectivity index (χ1) is 11.5. The van der Waals surface area contributed by atoms with E-state index in [1.54, 1.807) is 18.2 Å². The van der Waals surface area contributed by atoms with Crippen LogP contribution in [0.2, 0.25) is 0 Å². The van der Waals surface area contributed by atoms with Gasteiger partial charge in [0.15, 0.2) is 6.10 Å². The largest absolute Gasteiger partial charge is 0.449 e. The number of anilines is 1. The lowest BCUT2D eigenvalue weighted by Gasteiger charge is -2.13. The van der Waals surface area contributed by atoms with E-state index in [0.717, 1.165) is 10.9 Å². The van der Waals surface area contributed by atoms with E-state index in [1.807, 2.05) is 43.3 Å². The second kappa shape index (κ2) is 6.58. The molecule has 0 saturated carbocycles. The highest BCUT2D eigenvalue weighted by atomic mass is 16.6. The lowest BCUT2D eigenvalue weighted by atomic mass is 10.2. The zero-order valence-electron chi connectivity index (χ0n) is 13.4. The number of nitrogens with one attached hydrogen (secondary N) is 1. The molecule has 3 rings (SSSR count). The lowest BCUT2D eigenvalue weighted by molar-refractivity contribution is -0.123. The van der Waals surface area contributed by atoms with Crippen LogP contribution >= 0.6 is 0 Å². The maximum Gasteiger partial charge on any atom is 0.375 e. The van der Waals surface area contributed by atoms with E-state index >= 15 is 0 Å². The summed E-state index contributed by atoms with van der Waals surface area (Å²) in [5, 5.41) is 3.55. The number of carbonyl (C=O) groups is 2. The Labute approximate surface area is 139 Å². The minimum Gasteiger partial charge on any atom is -0.449 e. The van der Waals surface area contributed by atoms with Crippen LogP contribution in [0.25, 0.3) is 11.0 Å². The second-order valence-corrected chi connectivity index (χ2v) is 5.50. The van der Waals surface area contributed by atoms with Crippen molar-refractivity contribution in [1.29, 1.82) is 0 Å². The number of hydrogen-bond donors (Lipinski definition) is 1.